The minimum Gasteiger partial charge on any atom is -0.341 e. The lowest BCUT2D eigenvalue weighted by Gasteiger charge is -2.26. The zero-order valence-corrected chi connectivity index (χ0v) is 13.3. The Kier molecular flexibility index (Phi) is 5.49. The lowest BCUT2D eigenvalue weighted by atomic mass is 10.1. The second-order valence-corrected chi connectivity index (χ2v) is 5.86. The fourth-order valence-electron chi connectivity index (χ4n) is 2.91. The number of likely N-dealkylation sites (tertiary alicyclic amines) is 1. The van der Waals surface area contributed by atoms with Gasteiger partial charge in [0.25, 0.3) is 0 Å². The van der Waals surface area contributed by atoms with Crippen molar-refractivity contribution in [1.82, 2.24) is 9.80 Å². The standard InChI is InChI=1S/C16H24N2OS/c1-3-17(4-2)14-9-10-18(12-14)16(19)11-13-5-7-15(20)8-6-13/h5-8,14,20H,3-4,9-12H2,1-2H3. The highest BCUT2D eigenvalue weighted by Crippen LogP contribution is 2.17. The van der Waals surface area contributed by atoms with Gasteiger partial charge in [0.05, 0.1) is 6.42 Å². The Labute approximate surface area is 127 Å². The van der Waals surface area contributed by atoms with Gasteiger partial charge in [-0.25, -0.2) is 0 Å². The maximum Gasteiger partial charge on any atom is 0.227 e. The Morgan fingerprint density at radius 2 is 1.95 bits per heavy atom. The van der Waals surface area contributed by atoms with Crippen molar-refractivity contribution in [1.29, 1.82) is 0 Å². The minimum atomic E-state index is 0.242. The van der Waals surface area contributed by atoms with Crippen LogP contribution in [0.2, 0.25) is 0 Å². The normalized spacial score (nSPS) is 18.8. The average Bonchev–Trinajstić information content (AvgIpc) is 2.92. The Hall–Kier alpha value is -1.00. The molecular formula is C16H24N2OS. The monoisotopic (exact) mass is 292 g/mol. The summed E-state index contributed by atoms with van der Waals surface area (Å²) >= 11 is 4.26. The molecule has 1 saturated heterocycles. The maximum absolute atomic E-state index is 12.3. The van der Waals surface area contributed by atoms with Gasteiger partial charge >= 0.3 is 0 Å². The van der Waals surface area contributed by atoms with Crippen LogP contribution in [-0.2, 0) is 11.2 Å². The van der Waals surface area contributed by atoms with Crippen molar-refractivity contribution in [3.8, 4) is 0 Å². The van der Waals surface area contributed by atoms with Crippen LogP contribution in [0.1, 0.15) is 25.8 Å². The Bertz CT molecular complexity index is 442. The van der Waals surface area contributed by atoms with Crippen LogP contribution in [0, 0.1) is 0 Å². The van der Waals surface area contributed by atoms with Crippen molar-refractivity contribution >= 4 is 18.5 Å². The molecule has 4 heteroatoms. The number of likely N-dealkylation sites (N-methyl/N-ethyl adjacent to an activating group) is 1. The molecule has 20 heavy (non-hydrogen) atoms. The summed E-state index contributed by atoms with van der Waals surface area (Å²) in [5.74, 6) is 0.242. The van der Waals surface area contributed by atoms with E-state index < -0.39 is 0 Å². The highest BCUT2D eigenvalue weighted by atomic mass is 32.1. The van der Waals surface area contributed by atoms with Crippen LogP contribution >= 0.6 is 12.6 Å². The van der Waals surface area contributed by atoms with E-state index in [2.05, 4.69) is 31.4 Å². The van der Waals surface area contributed by atoms with Crippen LogP contribution in [0.5, 0.6) is 0 Å². The third-order valence-electron chi connectivity index (χ3n) is 4.14. The van der Waals surface area contributed by atoms with Crippen molar-refractivity contribution in [2.75, 3.05) is 26.2 Å². The lowest BCUT2D eigenvalue weighted by Crippen LogP contribution is -2.39. The summed E-state index contributed by atoms with van der Waals surface area (Å²) in [5, 5.41) is 0. The molecule has 2 rings (SSSR count). The fourth-order valence-corrected chi connectivity index (χ4v) is 3.06. The molecule has 0 N–H and O–H groups in total. The van der Waals surface area contributed by atoms with Crippen LogP contribution in [0.15, 0.2) is 29.2 Å². The molecule has 1 aliphatic rings. The van der Waals surface area contributed by atoms with Gasteiger partial charge in [-0.05, 0) is 37.2 Å². The number of thiol groups is 1. The van der Waals surface area contributed by atoms with Crippen LogP contribution < -0.4 is 0 Å². The Morgan fingerprint density at radius 1 is 1.30 bits per heavy atom. The molecule has 1 aliphatic heterocycles. The van der Waals surface area contributed by atoms with Crippen molar-refractivity contribution in [2.24, 2.45) is 0 Å². The molecule has 1 fully saturated rings. The number of amides is 1. The molecule has 0 bridgehead atoms. The summed E-state index contributed by atoms with van der Waals surface area (Å²) in [7, 11) is 0. The van der Waals surface area contributed by atoms with Gasteiger partial charge in [0.1, 0.15) is 0 Å². The average molecular weight is 292 g/mol. The number of nitrogens with zero attached hydrogens (tertiary/aromatic N) is 2. The summed E-state index contributed by atoms with van der Waals surface area (Å²) < 4.78 is 0. The second kappa shape index (κ2) is 7.14. The topological polar surface area (TPSA) is 23.6 Å². The van der Waals surface area contributed by atoms with Gasteiger partial charge in [-0.3, -0.25) is 9.69 Å². The molecule has 0 saturated carbocycles. The van der Waals surface area contributed by atoms with E-state index in [9.17, 15) is 4.79 Å². The number of carbonyl (C=O) groups is 1. The summed E-state index contributed by atoms with van der Waals surface area (Å²) in [5.41, 5.74) is 1.07. The quantitative estimate of drug-likeness (QED) is 0.843. The maximum atomic E-state index is 12.3. The van der Waals surface area contributed by atoms with E-state index in [1.807, 2.05) is 29.2 Å². The molecule has 110 valence electrons. The first-order chi connectivity index (χ1) is 9.63. The molecule has 3 nitrogen and oxygen atoms in total. The van der Waals surface area contributed by atoms with Gasteiger partial charge in [0.2, 0.25) is 5.91 Å². The molecule has 0 aromatic heterocycles. The molecule has 1 unspecified atom stereocenters. The molecule has 1 heterocycles. The predicted molar refractivity (Wildman–Crippen MR) is 85.3 cm³/mol. The molecular weight excluding hydrogens is 268 g/mol. The van der Waals surface area contributed by atoms with E-state index in [-0.39, 0.29) is 5.91 Å². The Balaban J connectivity index is 1.89. The van der Waals surface area contributed by atoms with E-state index in [4.69, 9.17) is 0 Å². The first-order valence-corrected chi connectivity index (χ1v) is 7.88. The second-order valence-electron chi connectivity index (χ2n) is 5.35. The molecule has 1 aromatic rings. The lowest BCUT2D eigenvalue weighted by molar-refractivity contribution is -0.129. The Morgan fingerprint density at radius 3 is 2.55 bits per heavy atom. The van der Waals surface area contributed by atoms with Gasteiger partial charge in [-0.2, -0.15) is 0 Å². The summed E-state index contributed by atoms with van der Waals surface area (Å²) in [4.78, 5) is 17.7. The van der Waals surface area contributed by atoms with E-state index in [0.717, 1.165) is 43.1 Å². The van der Waals surface area contributed by atoms with Gasteiger partial charge in [0.15, 0.2) is 0 Å². The number of rotatable bonds is 5. The van der Waals surface area contributed by atoms with E-state index in [1.54, 1.807) is 0 Å². The van der Waals surface area contributed by atoms with Gasteiger partial charge in [-0.1, -0.05) is 26.0 Å². The molecule has 1 aromatic carbocycles. The van der Waals surface area contributed by atoms with Gasteiger partial charge in [-0.15, -0.1) is 12.6 Å². The highest BCUT2D eigenvalue weighted by molar-refractivity contribution is 7.80. The molecule has 0 radical (unpaired) electrons. The van der Waals surface area contributed by atoms with Crippen molar-refractivity contribution in [3.05, 3.63) is 29.8 Å². The predicted octanol–water partition coefficient (Wildman–Crippen LogP) is 2.46. The van der Waals surface area contributed by atoms with Crippen molar-refractivity contribution in [3.63, 3.8) is 0 Å². The van der Waals surface area contributed by atoms with E-state index in [0.29, 0.717) is 12.5 Å². The van der Waals surface area contributed by atoms with Gasteiger partial charge < -0.3 is 4.90 Å². The smallest absolute Gasteiger partial charge is 0.227 e. The first-order valence-electron chi connectivity index (χ1n) is 7.43. The molecule has 0 aliphatic carbocycles. The van der Waals surface area contributed by atoms with Crippen LogP contribution in [0.4, 0.5) is 0 Å². The largest absolute Gasteiger partial charge is 0.341 e. The molecule has 0 spiro atoms. The van der Waals surface area contributed by atoms with Crippen LogP contribution in [-0.4, -0.2) is 47.9 Å². The summed E-state index contributed by atoms with van der Waals surface area (Å²) in [6.45, 7) is 8.27. The van der Waals surface area contributed by atoms with E-state index in [1.165, 1.54) is 0 Å². The van der Waals surface area contributed by atoms with Crippen molar-refractivity contribution < 1.29 is 4.79 Å². The first kappa shape index (κ1) is 15.4. The fraction of sp³-hybridized carbons (Fsp3) is 0.562. The van der Waals surface area contributed by atoms with Gasteiger partial charge in [0, 0.05) is 24.0 Å². The molecule has 1 atom stereocenters. The molecule has 1 amide bonds. The number of hydrogen-bond donors (Lipinski definition) is 1. The third-order valence-corrected chi connectivity index (χ3v) is 4.43. The number of benzene rings is 1. The van der Waals surface area contributed by atoms with Crippen LogP contribution in [0.25, 0.3) is 0 Å². The SMILES string of the molecule is CCN(CC)C1CCN(C(=O)Cc2ccc(S)cc2)C1. The van der Waals surface area contributed by atoms with Crippen molar-refractivity contribution in [2.45, 2.75) is 37.6 Å². The number of carbonyl (C=O) groups excluding carboxylic acids is 1. The zero-order chi connectivity index (χ0) is 14.5. The van der Waals surface area contributed by atoms with Crippen LogP contribution in [0.3, 0.4) is 0 Å². The van der Waals surface area contributed by atoms with E-state index >= 15 is 0 Å². The summed E-state index contributed by atoms with van der Waals surface area (Å²) in [6.07, 6.45) is 1.60. The highest BCUT2D eigenvalue weighted by Gasteiger charge is 2.28. The summed E-state index contributed by atoms with van der Waals surface area (Å²) in [6, 6.07) is 8.38. The zero-order valence-electron chi connectivity index (χ0n) is 12.4. The minimum absolute atomic E-state index is 0.242. The third kappa shape index (κ3) is 3.76. The number of hydrogen-bond acceptors (Lipinski definition) is 3.